The molecule has 96 valence electrons. The Morgan fingerprint density at radius 2 is 1.71 bits per heavy atom. The molecule has 0 amide bonds. The van der Waals surface area contributed by atoms with Crippen LogP contribution in [-0.4, -0.2) is 55.6 Å². The van der Waals surface area contributed by atoms with Crippen LogP contribution in [0.15, 0.2) is 0 Å². The van der Waals surface area contributed by atoms with Crippen molar-refractivity contribution in [2.24, 2.45) is 0 Å². The summed E-state index contributed by atoms with van der Waals surface area (Å²) >= 11 is 0. The van der Waals surface area contributed by atoms with Crippen LogP contribution in [0, 0.1) is 11.3 Å². The van der Waals surface area contributed by atoms with Gasteiger partial charge in [0.15, 0.2) is 5.75 Å². The van der Waals surface area contributed by atoms with Crippen molar-refractivity contribution in [1.82, 2.24) is 9.21 Å². The molecule has 2 fully saturated rings. The van der Waals surface area contributed by atoms with Crippen molar-refractivity contribution in [2.45, 2.75) is 31.7 Å². The average molecular weight is 257 g/mol. The smallest absolute Gasteiger partial charge is 0.227 e. The van der Waals surface area contributed by atoms with Crippen LogP contribution in [0.1, 0.15) is 25.7 Å². The Morgan fingerprint density at radius 1 is 1.12 bits per heavy atom. The van der Waals surface area contributed by atoms with Crippen molar-refractivity contribution in [1.29, 1.82) is 5.26 Å². The van der Waals surface area contributed by atoms with Crippen LogP contribution in [-0.2, 0) is 10.0 Å². The number of hydrogen-bond acceptors (Lipinski definition) is 4. The minimum absolute atomic E-state index is 0.392. The number of hydrogen-bond donors (Lipinski definition) is 0. The third-order valence-electron chi connectivity index (χ3n) is 3.75. The number of rotatable bonds is 3. The fraction of sp³-hybridized carbons (Fsp3) is 0.909. The molecule has 0 bridgehead atoms. The molecular formula is C11H19N3O2S. The molecule has 1 aliphatic heterocycles. The Hall–Kier alpha value is -0.640. The minimum Gasteiger partial charge on any atom is -0.298 e. The van der Waals surface area contributed by atoms with Gasteiger partial charge in [0.05, 0.1) is 6.07 Å². The lowest BCUT2D eigenvalue weighted by molar-refractivity contribution is 0.139. The number of nitriles is 1. The highest BCUT2D eigenvalue weighted by molar-refractivity contribution is 7.89. The van der Waals surface area contributed by atoms with Gasteiger partial charge in [0.1, 0.15) is 0 Å². The van der Waals surface area contributed by atoms with Crippen LogP contribution in [0.2, 0.25) is 0 Å². The van der Waals surface area contributed by atoms with Gasteiger partial charge in [0.25, 0.3) is 0 Å². The summed E-state index contributed by atoms with van der Waals surface area (Å²) in [5.74, 6) is -0.392. The number of piperazine rings is 1. The molecule has 17 heavy (non-hydrogen) atoms. The molecule has 0 aromatic carbocycles. The van der Waals surface area contributed by atoms with Gasteiger partial charge in [-0.2, -0.15) is 9.57 Å². The molecule has 2 rings (SSSR count). The van der Waals surface area contributed by atoms with E-state index in [4.69, 9.17) is 5.26 Å². The fourth-order valence-electron chi connectivity index (χ4n) is 2.79. The van der Waals surface area contributed by atoms with Crippen molar-refractivity contribution in [3.63, 3.8) is 0 Å². The molecule has 0 aromatic rings. The van der Waals surface area contributed by atoms with Crippen LogP contribution in [0.25, 0.3) is 0 Å². The van der Waals surface area contributed by atoms with Gasteiger partial charge in [-0.05, 0) is 12.8 Å². The largest absolute Gasteiger partial charge is 0.298 e. The maximum atomic E-state index is 11.7. The van der Waals surface area contributed by atoms with Gasteiger partial charge in [-0.3, -0.25) is 4.90 Å². The summed E-state index contributed by atoms with van der Waals surface area (Å²) in [5, 5.41) is 8.49. The molecule has 0 atom stereocenters. The van der Waals surface area contributed by atoms with E-state index in [-0.39, 0.29) is 0 Å². The summed E-state index contributed by atoms with van der Waals surface area (Å²) in [6.07, 6.45) is 5.12. The van der Waals surface area contributed by atoms with Crippen LogP contribution in [0.4, 0.5) is 0 Å². The summed E-state index contributed by atoms with van der Waals surface area (Å²) in [5.41, 5.74) is 0. The third-order valence-corrected chi connectivity index (χ3v) is 5.40. The third kappa shape index (κ3) is 2.97. The van der Waals surface area contributed by atoms with E-state index in [0.29, 0.717) is 19.1 Å². The van der Waals surface area contributed by atoms with Gasteiger partial charge in [0, 0.05) is 32.2 Å². The Kier molecular flexibility index (Phi) is 4.02. The van der Waals surface area contributed by atoms with Crippen LogP contribution in [0.5, 0.6) is 0 Å². The van der Waals surface area contributed by atoms with E-state index in [0.717, 1.165) is 13.1 Å². The predicted molar refractivity (Wildman–Crippen MR) is 64.8 cm³/mol. The quantitative estimate of drug-likeness (QED) is 0.734. The van der Waals surface area contributed by atoms with E-state index in [9.17, 15) is 8.42 Å². The summed E-state index contributed by atoms with van der Waals surface area (Å²) in [7, 11) is -3.33. The molecule has 1 aliphatic carbocycles. The van der Waals surface area contributed by atoms with Crippen LogP contribution < -0.4 is 0 Å². The van der Waals surface area contributed by atoms with Crippen molar-refractivity contribution >= 4 is 10.0 Å². The normalized spacial score (nSPS) is 24.9. The molecule has 1 heterocycles. The lowest BCUT2D eigenvalue weighted by Gasteiger charge is -2.37. The molecule has 0 radical (unpaired) electrons. The zero-order valence-electron chi connectivity index (χ0n) is 10.0. The molecule has 6 heteroatoms. The van der Waals surface area contributed by atoms with E-state index in [1.807, 2.05) is 0 Å². The second-order valence-corrected chi connectivity index (χ2v) is 6.76. The standard InChI is InChI=1S/C11H19N3O2S/c12-5-10-17(15,16)14-8-6-13(7-9-14)11-3-1-2-4-11/h11H,1-4,6-10H2. The Balaban J connectivity index is 1.87. The van der Waals surface area contributed by atoms with E-state index in [2.05, 4.69) is 4.90 Å². The summed E-state index contributed by atoms with van der Waals surface area (Å²) < 4.78 is 24.9. The van der Waals surface area contributed by atoms with Gasteiger partial charge in [-0.15, -0.1) is 0 Å². The van der Waals surface area contributed by atoms with Gasteiger partial charge in [0.2, 0.25) is 10.0 Å². The van der Waals surface area contributed by atoms with E-state index < -0.39 is 15.8 Å². The van der Waals surface area contributed by atoms with Crippen molar-refractivity contribution in [3.8, 4) is 6.07 Å². The highest BCUT2D eigenvalue weighted by Gasteiger charge is 2.30. The second-order valence-electron chi connectivity index (χ2n) is 4.79. The zero-order valence-corrected chi connectivity index (χ0v) is 10.8. The first-order chi connectivity index (χ1) is 8.13. The predicted octanol–water partition coefficient (Wildman–Crippen LogP) is 0.400. The van der Waals surface area contributed by atoms with E-state index in [1.165, 1.54) is 30.0 Å². The molecule has 0 aromatic heterocycles. The lowest BCUT2D eigenvalue weighted by Crippen LogP contribution is -2.51. The zero-order chi connectivity index (χ0) is 12.3. The van der Waals surface area contributed by atoms with Gasteiger partial charge in [-0.25, -0.2) is 8.42 Å². The second kappa shape index (κ2) is 5.34. The first-order valence-corrected chi connectivity index (χ1v) is 7.83. The SMILES string of the molecule is N#CCS(=O)(=O)N1CCN(C2CCCC2)CC1. The first-order valence-electron chi connectivity index (χ1n) is 6.22. The molecular weight excluding hydrogens is 238 g/mol. The van der Waals surface area contributed by atoms with Gasteiger partial charge < -0.3 is 0 Å². The topological polar surface area (TPSA) is 64.4 Å². The molecule has 0 spiro atoms. The lowest BCUT2D eigenvalue weighted by atomic mass is 10.2. The Bertz CT molecular complexity index is 387. The molecule has 1 saturated heterocycles. The maximum absolute atomic E-state index is 11.7. The highest BCUT2D eigenvalue weighted by atomic mass is 32.2. The highest BCUT2D eigenvalue weighted by Crippen LogP contribution is 2.24. The fourth-order valence-corrected chi connectivity index (χ4v) is 3.85. The van der Waals surface area contributed by atoms with E-state index >= 15 is 0 Å². The summed E-state index contributed by atoms with van der Waals surface area (Å²) in [4.78, 5) is 2.41. The molecule has 1 saturated carbocycles. The maximum Gasteiger partial charge on any atom is 0.227 e. The Morgan fingerprint density at radius 3 is 2.24 bits per heavy atom. The summed E-state index contributed by atoms with van der Waals surface area (Å²) in [6, 6.07) is 2.39. The minimum atomic E-state index is -3.33. The number of sulfonamides is 1. The van der Waals surface area contributed by atoms with Crippen LogP contribution in [0.3, 0.4) is 0 Å². The molecule has 0 unspecified atom stereocenters. The molecule has 0 N–H and O–H groups in total. The summed E-state index contributed by atoms with van der Waals surface area (Å²) in [6.45, 7) is 2.71. The Labute approximate surface area is 103 Å². The van der Waals surface area contributed by atoms with Crippen molar-refractivity contribution in [2.75, 3.05) is 31.9 Å². The van der Waals surface area contributed by atoms with E-state index in [1.54, 1.807) is 6.07 Å². The first kappa shape index (κ1) is 12.8. The van der Waals surface area contributed by atoms with Crippen molar-refractivity contribution < 1.29 is 8.42 Å². The number of nitrogens with zero attached hydrogens (tertiary/aromatic N) is 3. The van der Waals surface area contributed by atoms with Crippen LogP contribution >= 0.6 is 0 Å². The van der Waals surface area contributed by atoms with Gasteiger partial charge >= 0.3 is 0 Å². The average Bonchev–Trinajstić information content (AvgIpc) is 2.82. The molecule has 2 aliphatic rings. The monoisotopic (exact) mass is 257 g/mol. The molecule has 5 nitrogen and oxygen atoms in total. The van der Waals surface area contributed by atoms with Gasteiger partial charge in [-0.1, -0.05) is 12.8 Å². The van der Waals surface area contributed by atoms with Crippen molar-refractivity contribution in [3.05, 3.63) is 0 Å².